The first-order valence-electron chi connectivity index (χ1n) is 6.17. The second kappa shape index (κ2) is 5.81. The molecule has 1 aromatic heterocycles. The van der Waals surface area contributed by atoms with Gasteiger partial charge < -0.3 is 10.2 Å². The zero-order valence-electron chi connectivity index (χ0n) is 11.6. The van der Waals surface area contributed by atoms with Crippen molar-refractivity contribution < 1.29 is 8.78 Å². The average molecular weight is 278 g/mol. The highest BCUT2D eigenvalue weighted by Gasteiger charge is 2.10. The van der Waals surface area contributed by atoms with E-state index in [2.05, 4.69) is 15.3 Å². The molecule has 1 N–H and O–H groups in total. The molecule has 0 aliphatic heterocycles. The van der Waals surface area contributed by atoms with Crippen molar-refractivity contribution in [1.82, 2.24) is 9.97 Å². The number of nitrogens with one attached hydrogen (secondary N) is 1. The molecule has 1 atom stereocenters. The van der Waals surface area contributed by atoms with Crippen molar-refractivity contribution in [2.24, 2.45) is 0 Å². The minimum absolute atomic E-state index is 0.273. The predicted octanol–water partition coefficient (Wildman–Crippen LogP) is 2.99. The Kier molecular flexibility index (Phi) is 4.12. The third-order valence-corrected chi connectivity index (χ3v) is 2.86. The molecule has 6 heteroatoms. The van der Waals surface area contributed by atoms with E-state index in [0.29, 0.717) is 11.4 Å². The molecule has 0 unspecified atom stereocenters. The van der Waals surface area contributed by atoms with E-state index in [1.807, 2.05) is 25.9 Å². The monoisotopic (exact) mass is 278 g/mol. The van der Waals surface area contributed by atoms with Crippen LogP contribution in [0.3, 0.4) is 0 Å². The Bertz CT molecular complexity index is 581. The number of hydrogen-bond donors (Lipinski definition) is 1. The number of nitrogens with zero attached hydrogens (tertiary/aromatic N) is 3. The van der Waals surface area contributed by atoms with Crippen molar-refractivity contribution in [1.29, 1.82) is 0 Å². The summed E-state index contributed by atoms with van der Waals surface area (Å²) in [6.45, 7) is 1.81. The highest BCUT2D eigenvalue weighted by molar-refractivity contribution is 5.48. The second-order valence-electron chi connectivity index (χ2n) is 4.72. The largest absolute Gasteiger partial charge is 0.363 e. The number of aromatic nitrogens is 2. The van der Waals surface area contributed by atoms with Gasteiger partial charge in [0.25, 0.3) is 0 Å². The molecule has 0 saturated heterocycles. The number of hydrogen-bond acceptors (Lipinski definition) is 4. The van der Waals surface area contributed by atoms with Gasteiger partial charge in [0.15, 0.2) is 0 Å². The Morgan fingerprint density at radius 1 is 1.05 bits per heavy atom. The van der Waals surface area contributed by atoms with Gasteiger partial charge in [0.2, 0.25) is 0 Å². The fourth-order valence-corrected chi connectivity index (χ4v) is 1.80. The maximum Gasteiger partial charge on any atom is 0.133 e. The Hall–Kier alpha value is -2.24. The molecule has 0 radical (unpaired) electrons. The van der Waals surface area contributed by atoms with Crippen LogP contribution in [0.5, 0.6) is 0 Å². The van der Waals surface area contributed by atoms with Gasteiger partial charge in [-0.3, -0.25) is 0 Å². The molecule has 1 heterocycles. The van der Waals surface area contributed by atoms with Crippen molar-refractivity contribution in [3.8, 4) is 0 Å². The number of rotatable bonds is 4. The van der Waals surface area contributed by atoms with Crippen LogP contribution in [-0.4, -0.2) is 24.1 Å². The Labute approximate surface area is 116 Å². The van der Waals surface area contributed by atoms with Gasteiger partial charge in [0, 0.05) is 26.2 Å². The first-order chi connectivity index (χ1) is 9.45. The zero-order chi connectivity index (χ0) is 14.7. The van der Waals surface area contributed by atoms with E-state index in [1.54, 1.807) is 6.07 Å². The summed E-state index contributed by atoms with van der Waals surface area (Å²) < 4.78 is 26.4. The van der Waals surface area contributed by atoms with Gasteiger partial charge >= 0.3 is 0 Å². The molecule has 0 aliphatic carbocycles. The molecule has 4 nitrogen and oxygen atoms in total. The molecule has 0 saturated carbocycles. The molecule has 0 amide bonds. The van der Waals surface area contributed by atoms with Crippen LogP contribution in [0, 0.1) is 11.6 Å². The van der Waals surface area contributed by atoms with E-state index in [9.17, 15) is 8.78 Å². The van der Waals surface area contributed by atoms with E-state index in [0.717, 1.165) is 11.9 Å². The fraction of sp³-hybridized carbons (Fsp3) is 0.286. The summed E-state index contributed by atoms with van der Waals surface area (Å²) in [6, 6.07) is 4.95. The molecular weight excluding hydrogens is 262 g/mol. The lowest BCUT2D eigenvalue weighted by atomic mass is 10.1. The fourth-order valence-electron chi connectivity index (χ4n) is 1.80. The maximum atomic E-state index is 13.2. The number of benzene rings is 1. The van der Waals surface area contributed by atoms with Crippen LogP contribution in [0.15, 0.2) is 30.6 Å². The third-order valence-electron chi connectivity index (χ3n) is 2.86. The Balaban J connectivity index is 2.18. The zero-order valence-corrected chi connectivity index (χ0v) is 11.6. The molecule has 0 aliphatic rings. The summed E-state index contributed by atoms with van der Waals surface area (Å²) >= 11 is 0. The summed E-state index contributed by atoms with van der Waals surface area (Å²) in [5, 5.41) is 3.10. The molecule has 20 heavy (non-hydrogen) atoms. The van der Waals surface area contributed by atoms with Gasteiger partial charge in [-0.2, -0.15) is 0 Å². The molecule has 0 bridgehead atoms. The summed E-state index contributed by atoms with van der Waals surface area (Å²) in [6.07, 6.45) is 1.44. The molecule has 2 rings (SSSR count). The predicted molar refractivity (Wildman–Crippen MR) is 74.8 cm³/mol. The minimum atomic E-state index is -0.592. The lowest BCUT2D eigenvalue weighted by Gasteiger charge is -2.17. The molecule has 2 aromatic rings. The van der Waals surface area contributed by atoms with Gasteiger partial charge in [0.1, 0.15) is 29.6 Å². The topological polar surface area (TPSA) is 41.0 Å². The van der Waals surface area contributed by atoms with E-state index < -0.39 is 11.6 Å². The Morgan fingerprint density at radius 2 is 1.70 bits per heavy atom. The van der Waals surface area contributed by atoms with E-state index in [1.165, 1.54) is 18.5 Å². The lowest BCUT2D eigenvalue weighted by Crippen LogP contribution is -2.13. The number of halogens is 2. The molecular formula is C14H16F2N4. The average Bonchev–Trinajstić information content (AvgIpc) is 2.37. The lowest BCUT2D eigenvalue weighted by molar-refractivity contribution is 0.577. The summed E-state index contributed by atoms with van der Waals surface area (Å²) in [5.74, 6) is 0.164. The normalized spacial score (nSPS) is 12.1. The maximum absolute atomic E-state index is 13.2. The van der Waals surface area contributed by atoms with Crippen molar-refractivity contribution in [3.63, 3.8) is 0 Å². The summed E-state index contributed by atoms with van der Waals surface area (Å²) in [7, 11) is 3.75. The van der Waals surface area contributed by atoms with Crippen LogP contribution in [0.2, 0.25) is 0 Å². The quantitative estimate of drug-likeness (QED) is 0.933. The highest BCUT2D eigenvalue weighted by Crippen LogP contribution is 2.21. The van der Waals surface area contributed by atoms with Crippen LogP contribution in [0.1, 0.15) is 18.5 Å². The third kappa shape index (κ3) is 3.40. The first kappa shape index (κ1) is 14.2. The molecule has 1 aromatic carbocycles. The van der Waals surface area contributed by atoms with Crippen molar-refractivity contribution >= 4 is 11.6 Å². The van der Waals surface area contributed by atoms with E-state index in [4.69, 9.17) is 0 Å². The second-order valence-corrected chi connectivity index (χ2v) is 4.72. The van der Waals surface area contributed by atoms with Gasteiger partial charge in [-0.15, -0.1) is 0 Å². The smallest absolute Gasteiger partial charge is 0.133 e. The molecule has 106 valence electrons. The molecule has 0 fully saturated rings. The Morgan fingerprint density at radius 3 is 2.30 bits per heavy atom. The standard InChI is InChI=1S/C14H16F2N4/c1-9(10-4-11(15)6-12(16)5-10)19-13-7-14(20(2)3)18-8-17-13/h4-9H,1-3H3,(H,17,18,19)/t9-/m0/s1. The SMILES string of the molecule is C[C@H](Nc1cc(N(C)C)ncn1)c1cc(F)cc(F)c1. The van der Waals surface area contributed by atoms with Crippen LogP contribution in [0.25, 0.3) is 0 Å². The first-order valence-corrected chi connectivity index (χ1v) is 6.17. The molecule has 0 spiro atoms. The van der Waals surface area contributed by atoms with E-state index >= 15 is 0 Å². The summed E-state index contributed by atoms with van der Waals surface area (Å²) in [5.41, 5.74) is 0.521. The highest BCUT2D eigenvalue weighted by atomic mass is 19.1. The van der Waals surface area contributed by atoms with Crippen LogP contribution < -0.4 is 10.2 Å². The van der Waals surface area contributed by atoms with Gasteiger partial charge in [0.05, 0.1) is 6.04 Å². The number of anilines is 2. The van der Waals surface area contributed by atoms with Crippen molar-refractivity contribution in [2.75, 3.05) is 24.3 Å². The van der Waals surface area contributed by atoms with E-state index in [-0.39, 0.29) is 6.04 Å². The van der Waals surface area contributed by atoms with Gasteiger partial charge in [-0.25, -0.2) is 18.7 Å². The van der Waals surface area contributed by atoms with Gasteiger partial charge in [-0.1, -0.05) is 0 Å². The van der Waals surface area contributed by atoms with Crippen molar-refractivity contribution in [2.45, 2.75) is 13.0 Å². The minimum Gasteiger partial charge on any atom is -0.363 e. The van der Waals surface area contributed by atoms with Crippen LogP contribution >= 0.6 is 0 Å². The van der Waals surface area contributed by atoms with Crippen LogP contribution in [-0.2, 0) is 0 Å². The van der Waals surface area contributed by atoms with Crippen LogP contribution in [0.4, 0.5) is 20.4 Å². The van der Waals surface area contributed by atoms with Gasteiger partial charge in [-0.05, 0) is 24.6 Å². The van der Waals surface area contributed by atoms with Crippen molar-refractivity contribution in [3.05, 3.63) is 47.8 Å². The summed E-state index contributed by atoms with van der Waals surface area (Å²) in [4.78, 5) is 10.0.